The van der Waals surface area contributed by atoms with Crippen molar-refractivity contribution in [1.82, 2.24) is 0 Å². The molecule has 0 bridgehead atoms. The lowest BCUT2D eigenvalue weighted by atomic mass is 9.88. The molecule has 0 spiro atoms. The zero-order chi connectivity index (χ0) is 12.0. The van der Waals surface area contributed by atoms with E-state index in [9.17, 15) is 9.90 Å². The van der Waals surface area contributed by atoms with Crippen molar-refractivity contribution in [3.05, 3.63) is 35.9 Å². The van der Waals surface area contributed by atoms with Gasteiger partial charge in [-0.2, -0.15) is 0 Å². The van der Waals surface area contributed by atoms with Gasteiger partial charge in [-0.05, 0) is 18.4 Å². The Hall–Kier alpha value is -1.15. The molecular formula is C14H20O2. The van der Waals surface area contributed by atoms with E-state index >= 15 is 0 Å². The minimum Gasteiger partial charge on any atom is -0.388 e. The SMILES string of the molecule is CCCC(=O)[C@@H](CC)[C@H](O)c1ccccc1. The van der Waals surface area contributed by atoms with E-state index in [2.05, 4.69) is 0 Å². The van der Waals surface area contributed by atoms with E-state index < -0.39 is 6.10 Å². The van der Waals surface area contributed by atoms with Crippen LogP contribution < -0.4 is 0 Å². The topological polar surface area (TPSA) is 37.3 Å². The molecule has 0 aliphatic rings. The third-order valence-electron chi connectivity index (χ3n) is 2.87. The van der Waals surface area contributed by atoms with Gasteiger partial charge in [0.05, 0.1) is 6.10 Å². The number of rotatable bonds is 6. The van der Waals surface area contributed by atoms with Crippen molar-refractivity contribution in [2.75, 3.05) is 0 Å². The Morgan fingerprint density at radius 1 is 1.25 bits per heavy atom. The van der Waals surface area contributed by atoms with Crippen LogP contribution >= 0.6 is 0 Å². The lowest BCUT2D eigenvalue weighted by molar-refractivity contribution is -0.126. The van der Waals surface area contributed by atoms with Crippen molar-refractivity contribution in [2.45, 2.75) is 39.2 Å². The van der Waals surface area contributed by atoms with Crippen LogP contribution in [-0.4, -0.2) is 10.9 Å². The van der Waals surface area contributed by atoms with Gasteiger partial charge < -0.3 is 5.11 Å². The summed E-state index contributed by atoms with van der Waals surface area (Å²) < 4.78 is 0. The Morgan fingerprint density at radius 3 is 2.38 bits per heavy atom. The van der Waals surface area contributed by atoms with Gasteiger partial charge >= 0.3 is 0 Å². The maximum atomic E-state index is 11.8. The molecule has 1 aromatic carbocycles. The number of carbonyl (C=O) groups excluding carboxylic acids is 1. The first-order chi connectivity index (χ1) is 7.70. The van der Waals surface area contributed by atoms with E-state index in [-0.39, 0.29) is 11.7 Å². The number of hydrogen-bond acceptors (Lipinski definition) is 2. The summed E-state index contributed by atoms with van der Waals surface area (Å²) in [5.41, 5.74) is 0.832. The summed E-state index contributed by atoms with van der Waals surface area (Å²) in [5, 5.41) is 10.2. The van der Waals surface area contributed by atoms with Gasteiger partial charge in [0.15, 0.2) is 0 Å². The number of carbonyl (C=O) groups is 1. The summed E-state index contributed by atoms with van der Waals surface area (Å²) in [7, 11) is 0. The fraction of sp³-hybridized carbons (Fsp3) is 0.500. The zero-order valence-corrected chi connectivity index (χ0v) is 10.0. The van der Waals surface area contributed by atoms with E-state index in [1.54, 1.807) is 0 Å². The molecule has 1 N–H and O–H groups in total. The van der Waals surface area contributed by atoms with Gasteiger partial charge in [0.25, 0.3) is 0 Å². The number of aliphatic hydroxyl groups is 1. The van der Waals surface area contributed by atoms with Gasteiger partial charge in [-0.3, -0.25) is 4.79 Å². The molecule has 0 aromatic heterocycles. The minimum absolute atomic E-state index is 0.168. The van der Waals surface area contributed by atoms with Gasteiger partial charge in [-0.15, -0.1) is 0 Å². The molecule has 16 heavy (non-hydrogen) atoms. The summed E-state index contributed by atoms with van der Waals surface area (Å²) in [4.78, 5) is 11.8. The van der Waals surface area contributed by atoms with Crippen molar-refractivity contribution in [3.63, 3.8) is 0 Å². The van der Waals surface area contributed by atoms with Gasteiger partial charge in [-0.1, -0.05) is 44.2 Å². The monoisotopic (exact) mass is 220 g/mol. The highest BCUT2D eigenvalue weighted by molar-refractivity contribution is 5.81. The van der Waals surface area contributed by atoms with Crippen molar-refractivity contribution in [3.8, 4) is 0 Å². The number of Topliss-reactive ketones (excluding diaryl/α,β-unsaturated/α-hetero) is 1. The third kappa shape index (κ3) is 3.17. The first kappa shape index (κ1) is 12.9. The molecule has 0 unspecified atom stereocenters. The van der Waals surface area contributed by atoms with Crippen LogP contribution in [0.5, 0.6) is 0 Å². The van der Waals surface area contributed by atoms with Crippen molar-refractivity contribution >= 4 is 5.78 Å². The molecule has 88 valence electrons. The maximum absolute atomic E-state index is 11.8. The smallest absolute Gasteiger partial charge is 0.138 e. The third-order valence-corrected chi connectivity index (χ3v) is 2.87. The molecule has 2 atom stereocenters. The molecule has 0 radical (unpaired) electrons. The van der Waals surface area contributed by atoms with Crippen LogP contribution in [-0.2, 0) is 4.79 Å². The predicted octanol–water partition coefficient (Wildman–Crippen LogP) is 3.12. The number of ketones is 1. The molecule has 1 rings (SSSR count). The first-order valence-corrected chi connectivity index (χ1v) is 5.96. The molecule has 2 heteroatoms. The van der Waals surface area contributed by atoms with Crippen LogP contribution in [0.2, 0.25) is 0 Å². The minimum atomic E-state index is -0.662. The molecule has 2 nitrogen and oxygen atoms in total. The lowest BCUT2D eigenvalue weighted by Crippen LogP contribution is -2.21. The summed E-state index contributed by atoms with van der Waals surface area (Å²) in [6, 6.07) is 9.41. The highest BCUT2D eigenvalue weighted by atomic mass is 16.3. The number of benzene rings is 1. The Morgan fingerprint density at radius 2 is 1.88 bits per heavy atom. The van der Waals surface area contributed by atoms with Crippen LogP contribution in [0, 0.1) is 5.92 Å². The number of aliphatic hydroxyl groups excluding tert-OH is 1. The van der Waals surface area contributed by atoms with E-state index in [1.165, 1.54) is 0 Å². The second-order valence-corrected chi connectivity index (χ2v) is 4.09. The van der Waals surface area contributed by atoms with Crippen LogP contribution in [0.15, 0.2) is 30.3 Å². The Kier molecular flexibility index (Phi) is 5.20. The van der Waals surface area contributed by atoms with Gasteiger partial charge in [0.2, 0.25) is 0 Å². The Balaban J connectivity index is 2.77. The zero-order valence-electron chi connectivity index (χ0n) is 10.0. The standard InChI is InChI=1S/C14H20O2/c1-3-8-13(15)12(4-2)14(16)11-9-6-5-7-10-11/h5-7,9-10,12,14,16H,3-4,8H2,1-2H3/t12-,14-/m1/s1. The molecule has 0 heterocycles. The average Bonchev–Trinajstić information content (AvgIpc) is 2.31. The van der Waals surface area contributed by atoms with E-state index in [0.717, 1.165) is 12.0 Å². The van der Waals surface area contributed by atoms with Crippen LogP contribution in [0.1, 0.15) is 44.8 Å². The molecule has 0 saturated heterocycles. The van der Waals surface area contributed by atoms with E-state index in [1.807, 2.05) is 44.2 Å². The average molecular weight is 220 g/mol. The van der Waals surface area contributed by atoms with E-state index in [0.29, 0.717) is 12.8 Å². The van der Waals surface area contributed by atoms with Crippen molar-refractivity contribution in [2.24, 2.45) is 5.92 Å². The fourth-order valence-corrected chi connectivity index (χ4v) is 1.94. The Labute approximate surface area is 97.3 Å². The molecule has 0 fully saturated rings. The summed E-state index contributed by atoms with van der Waals surface area (Å²) in [6.45, 7) is 3.93. The summed E-state index contributed by atoms with van der Waals surface area (Å²) in [6.07, 6.45) is 1.43. The van der Waals surface area contributed by atoms with E-state index in [4.69, 9.17) is 0 Å². The first-order valence-electron chi connectivity index (χ1n) is 5.96. The molecule has 1 aromatic rings. The quantitative estimate of drug-likeness (QED) is 0.799. The molecule has 0 amide bonds. The fourth-order valence-electron chi connectivity index (χ4n) is 1.94. The summed E-state index contributed by atoms with van der Waals surface area (Å²) >= 11 is 0. The number of hydrogen-bond donors (Lipinski definition) is 1. The summed E-state index contributed by atoms with van der Waals surface area (Å²) in [5.74, 6) is -0.0938. The van der Waals surface area contributed by atoms with Crippen LogP contribution in [0.4, 0.5) is 0 Å². The molecular weight excluding hydrogens is 200 g/mol. The normalized spacial score (nSPS) is 14.4. The second-order valence-electron chi connectivity index (χ2n) is 4.09. The van der Waals surface area contributed by atoms with Gasteiger partial charge in [0.1, 0.15) is 5.78 Å². The highest BCUT2D eigenvalue weighted by Crippen LogP contribution is 2.26. The second kappa shape index (κ2) is 6.44. The maximum Gasteiger partial charge on any atom is 0.138 e. The largest absolute Gasteiger partial charge is 0.388 e. The highest BCUT2D eigenvalue weighted by Gasteiger charge is 2.25. The predicted molar refractivity (Wildman–Crippen MR) is 65.1 cm³/mol. The Bertz CT molecular complexity index is 319. The van der Waals surface area contributed by atoms with Gasteiger partial charge in [0, 0.05) is 12.3 Å². The van der Waals surface area contributed by atoms with Crippen LogP contribution in [0.3, 0.4) is 0 Å². The molecule has 0 aliphatic carbocycles. The molecule has 0 aliphatic heterocycles. The van der Waals surface area contributed by atoms with Gasteiger partial charge in [-0.25, -0.2) is 0 Å². The van der Waals surface area contributed by atoms with Crippen LogP contribution in [0.25, 0.3) is 0 Å². The van der Waals surface area contributed by atoms with Crippen molar-refractivity contribution in [1.29, 1.82) is 0 Å². The molecule has 0 saturated carbocycles. The lowest BCUT2D eigenvalue weighted by Gasteiger charge is -2.20. The van der Waals surface area contributed by atoms with Crippen molar-refractivity contribution < 1.29 is 9.90 Å².